The number of hydrogen-bond acceptors (Lipinski definition) is 4. The molecule has 1 aliphatic rings. The molecule has 2 aromatic heterocycles. The third kappa shape index (κ3) is 4.41. The molecule has 21 heavy (non-hydrogen) atoms. The molecule has 0 amide bonds. The van der Waals surface area contributed by atoms with E-state index < -0.39 is 0 Å². The summed E-state index contributed by atoms with van der Waals surface area (Å²) in [4.78, 5) is 6.43. The predicted molar refractivity (Wildman–Crippen MR) is 82.6 cm³/mol. The van der Waals surface area contributed by atoms with Gasteiger partial charge >= 0.3 is 0 Å². The van der Waals surface area contributed by atoms with E-state index >= 15 is 0 Å². The van der Waals surface area contributed by atoms with Gasteiger partial charge in [-0.25, -0.2) is 0 Å². The lowest BCUT2D eigenvalue weighted by Crippen LogP contribution is -2.22. The van der Waals surface area contributed by atoms with Gasteiger partial charge in [-0.3, -0.25) is 9.88 Å². The van der Waals surface area contributed by atoms with Crippen LogP contribution in [0.25, 0.3) is 0 Å². The first-order valence-electron chi connectivity index (χ1n) is 7.75. The molecule has 1 N–H and O–H groups in total. The lowest BCUT2D eigenvalue weighted by atomic mass is 10.2. The Morgan fingerprint density at radius 1 is 1.14 bits per heavy atom. The van der Waals surface area contributed by atoms with Crippen molar-refractivity contribution in [3.63, 3.8) is 0 Å². The molecule has 2 heterocycles. The second kappa shape index (κ2) is 6.87. The highest BCUT2D eigenvalue weighted by Crippen LogP contribution is 2.20. The summed E-state index contributed by atoms with van der Waals surface area (Å²) < 4.78 is 5.92. The Hall–Kier alpha value is -1.65. The molecule has 4 nitrogen and oxygen atoms in total. The fourth-order valence-electron chi connectivity index (χ4n) is 2.38. The van der Waals surface area contributed by atoms with Gasteiger partial charge in [0.05, 0.1) is 13.1 Å². The minimum Gasteiger partial charge on any atom is -0.463 e. The van der Waals surface area contributed by atoms with Gasteiger partial charge in [0.25, 0.3) is 0 Å². The topological polar surface area (TPSA) is 41.3 Å². The van der Waals surface area contributed by atoms with Gasteiger partial charge in [-0.15, -0.1) is 0 Å². The molecule has 0 atom stereocenters. The SMILES string of the molecule is CCN(Cc1ccncc1)Cc1ccc(CNC2CC2)o1. The Kier molecular flexibility index (Phi) is 4.68. The van der Waals surface area contributed by atoms with Gasteiger partial charge in [0.1, 0.15) is 11.5 Å². The molecule has 1 fully saturated rings. The minimum atomic E-state index is 0.720. The zero-order valence-corrected chi connectivity index (χ0v) is 12.6. The second-order valence-corrected chi connectivity index (χ2v) is 5.68. The van der Waals surface area contributed by atoms with E-state index in [-0.39, 0.29) is 0 Å². The average Bonchev–Trinajstić information content (AvgIpc) is 3.25. The number of rotatable bonds is 8. The molecule has 4 heteroatoms. The summed E-state index contributed by atoms with van der Waals surface area (Å²) >= 11 is 0. The molecule has 0 radical (unpaired) electrons. The summed E-state index contributed by atoms with van der Waals surface area (Å²) in [6.07, 6.45) is 6.31. The minimum absolute atomic E-state index is 0.720. The van der Waals surface area contributed by atoms with E-state index in [0.717, 1.165) is 43.7 Å². The standard InChI is InChI=1S/C17H23N3O/c1-2-20(12-14-7-9-18-10-8-14)13-17-6-5-16(21-17)11-19-15-3-4-15/h5-10,15,19H,2-4,11-13H2,1H3. The lowest BCUT2D eigenvalue weighted by molar-refractivity contribution is 0.244. The first-order valence-corrected chi connectivity index (χ1v) is 7.75. The van der Waals surface area contributed by atoms with Gasteiger partial charge in [-0.05, 0) is 49.2 Å². The molecule has 0 spiro atoms. The molecule has 0 aliphatic heterocycles. The van der Waals surface area contributed by atoms with E-state index in [4.69, 9.17) is 4.42 Å². The number of hydrogen-bond donors (Lipinski definition) is 1. The zero-order chi connectivity index (χ0) is 14.5. The quantitative estimate of drug-likeness (QED) is 0.809. The summed E-state index contributed by atoms with van der Waals surface area (Å²) in [5.74, 6) is 2.08. The summed E-state index contributed by atoms with van der Waals surface area (Å²) in [5, 5.41) is 3.48. The normalized spacial score (nSPS) is 14.8. The second-order valence-electron chi connectivity index (χ2n) is 5.68. The van der Waals surface area contributed by atoms with Gasteiger partial charge in [0.2, 0.25) is 0 Å². The van der Waals surface area contributed by atoms with Crippen molar-refractivity contribution in [2.24, 2.45) is 0 Å². The van der Waals surface area contributed by atoms with Crippen LogP contribution < -0.4 is 5.32 Å². The first-order chi connectivity index (χ1) is 10.3. The maximum absolute atomic E-state index is 5.92. The molecule has 0 unspecified atom stereocenters. The van der Waals surface area contributed by atoms with Crippen molar-refractivity contribution in [1.82, 2.24) is 15.2 Å². The third-order valence-electron chi connectivity index (χ3n) is 3.84. The average molecular weight is 285 g/mol. The molecule has 0 bridgehead atoms. The van der Waals surface area contributed by atoms with Gasteiger partial charge < -0.3 is 9.73 Å². The molecular weight excluding hydrogens is 262 g/mol. The van der Waals surface area contributed by atoms with E-state index in [1.54, 1.807) is 0 Å². The van der Waals surface area contributed by atoms with Crippen molar-refractivity contribution in [1.29, 1.82) is 0 Å². The largest absolute Gasteiger partial charge is 0.463 e. The monoisotopic (exact) mass is 285 g/mol. The maximum atomic E-state index is 5.92. The van der Waals surface area contributed by atoms with Crippen molar-refractivity contribution in [3.8, 4) is 0 Å². The van der Waals surface area contributed by atoms with Crippen molar-refractivity contribution in [2.45, 2.75) is 45.4 Å². The number of furan rings is 1. The van der Waals surface area contributed by atoms with Crippen LogP contribution in [0.5, 0.6) is 0 Å². The van der Waals surface area contributed by atoms with Crippen LogP contribution in [0.1, 0.15) is 36.8 Å². The highest BCUT2D eigenvalue weighted by Gasteiger charge is 2.20. The van der Waals surface area contributed by atoms with Crippen molar-refractivity contribution < 1.29 is 4.42 Å². The van der Waals surface area contributed by atoms with E-state index in [9.17, 15) is 0 Å². The fourth-order valence-corrected chi connectivity index (χ4v) is 2.38. The summed E-state index contributed by atoms with van der Waals surface area (Å²) in [6.45, 7) is 5.80. The Labute approximate surface area is 126 Å². The molecule has 112 valence electrons. The Bertz CT molecular complexity index is 548. The number of nitrogens with zero attached hydrogens (tertiary/aromatic N) is 2. The smallest absolute Gasteiger partial charge is 0.118 e. The fraction of sp³-hybridized carbons (Fsp3) is 0.471. The molecule has 2 aromatic rings. The van der Waals surface area contributed by atoms with Crippen LogP contribution in [0.4, 0.5) is 0 Å². The van der Waals surface area contributed by atoms with Crippen molar-refractivity contribution in [3.05, 3.63) is 53.7 Å². The van der Waals surface area contributed by atoms with Crippen molar-refractivity contribution >= 4 is 0 Å². The van der Waals surface area contributed by atoms with Gasteiger partial charge in [-0.1, -0.05) is 6.92 Å². The van der Waals surface area contributed by atoms with Crippen LogP contribution in [-0.4, -0.2) is 22.5 Å². The van der Waals surface area contributed by atoms with Gasteiger partial charge in [-0.2, -0.15) is 0 Å². The van der Waals surface area contributed by atoms with Crippen LogP contribution in [-0.2, 0) is 19.6 Å². The summed E-state index contributed by atoms with van der Waals surface area (Å²) in [5.41, 5.74) is 1.29. The lowest BCUT2D eigenvalue weighted by Gasteiger charge is -2.19. The number of aromatic nitrogens is 1. The molecule has 0 saturated heterocycles. The van der Waals surface area contributed by atoms with Crippen LogP contribution in [0, 0.1) is 0 Å². The van der Waals surface area contributed by atoms with E-state index in [1.165, 1.54) is 18.4 Å². The Balaban J connectivity index is 1.53. The molecular formula is C17H23N3O. The summed E-state index contributed by atoms with van der Waals surface area (Å²) in [6, 6.07) is 9.03. The van der Waals surface area contributed by atoms with E-state index in [1.807, 2.05) is 12.4 Å². The molecule has 1 saturated carbocycles. The number of pyridine rings is 1. The summed E-state index contributed by atoms with van der Waals surface area (Å²) in [7, 11) is 0. The van der Waals surface area contributed by atoms with Gasteiger partial charge in [0.15, 0.2) is 0 Å². The van der Waals surface area contributed by atoms with Crippen LogP contribution in [0.15, 0.2) is 41.1 Å². The van der Waals surface area contributed by atoms with E-state index in [2.05, 4.69) is 46.4 Å². The highest BCUT2D eigenvalue weighted by atomic mass is 16.3. The third-order valence-corrected chi connectivity index (χ3v) is 3.84. The Morgan fingerprint density at radius 2 is 1.90 bits per heavy atom. The van der Waals surface area contributed by atoms with E-state index in [0.29, 0.717) is 0 Å². The zero-order valence-electron chi connectivity index (χ0n) is 12.6. The van der Waals surface area contributed by atoms with Crippen LogP contribution >= 0.6 is 0 Å². The molecule has 0 aromatic carbocycles. The predicted octanol–water partition coefficient (Wildman–Crippen LogP) is 2.95. The van der Waals surface area contributed by atoms with Gasteiger partial charge in [0, 0.05) is 25.0 Å². The Morgan fingerprint density at radius 3 is 2.62 bits per heavy atom. The molecule has 1 aliphatic carbocycles. The number of nitrogens with one attached hydrogen (secondary N) is 1. The van der Waals surface area contributed by atoms with Crippen molar-refractivity contribution in [2.75, 3.05) is 6.54 Å². The maximum Gasteiger partial charge on any atom is 0.118 e. The highest BCUT2D eigenvalue weighted by molar-refractivity contribution is 5.11. The van der Waals surface area contributed by atoms with Crippen LogP contribution in [0.3, 0.4) is 0 Å². The van der Waals surface area contributed by atoms with Crippen LogP contribution in [0.2, 0.25) is 0 Å². The molecule has 3 rings (SSSR count). The first kappa shape index (κ1) is 14.3.